The van der Waals surface area contributed by atoms with E-state index in [1.807, 2.05) is 11.0 Å². The van der Waals surface area contributed by atoms with E-state index in [4.69, 9.17) is 23.2 Å². The molecule has 2 aromatic carbocycles. The SMILES string of the molecule is O=C([C@H]1CCCN1)N1CCN(c2ccc3ncn(C(c4ccc(Cl)cc4Cl)C(F)(F)F)c3c2)CC1. The summed E-state index contributed by atoms with van der Waals surface area (Å²) in [6.07, 6.45) is -1.55. The minimum Gasteiger partial charge on any atom is -0.368 e. The molecule has 3 heterocycles. The molecule has 2 atom stereocenters. The van der Waals surface area contributed by atoms with Gasteiger partial charge in [0.15, 0.2) is 6.04 Å². The largest absolute Gasteiger partial charge is 0.413 e. The Bertz CT molecular complexity index is 1230. The average molecular weight is 526 g/mol. The van der Waals surface area contributed by atoms with E-state index < -0.39 is 12.2 Å². The summed E-state index contributed by atoms with van der Waals surface area (Å²) in [4.78, 5) is 20.8. The van der Waals surface area contributed by atoms with E-state index in [1.165, 1.54) is 24.5 Å². The molecule has 5 rings (SSSR count). The number of anilines is 1. The molecule has 2 fully saturated rings. The van der Waals surface area contributed by atoms with Crippen molar-refractivity contribution in [1.82, 2.24) is 19.8 Å². The molecule has 1 amide bonds. The first kappa shape index (κ1) is 24.2. The fourth-order valence-corrected chi connectivity index (χ4v) is 5.44. The number of aromatic nitrogens is 2. The number of alkyl halides is 3. The minimum absolute atomic E-state index is 0.0598. The van der Waals surface area contributed by atoms with Gasteiger partial charge in [0.05, 0.1) is 23.4 Å². The number of carbonyl (C=O) groups excluding carboxylic acids is 1. The highest BCUT2D eigenvalue weighted by Crippen LogP contribution is 2.41. The van der Waals surface area contributed by atoms with E-state index in [-0.39, 0.29) is 27.6 Å². The number of nitrogens with one attached hydrogen (secondary N) is 1. The normalized spacial score (nSPS) is 20.0. The van der Waals surface area contributed by atoms with Gasteiger partial charge in [-0.25, -0.2) is 4.98 Å². The number of nitrogens with zero attached hydrogens (tertiary/aromatic N) is 4. The summed E-state index contributed by atoms with van der Waals surface area (Å²) >= 11 is 12.1. The van der Waals surface area contributed by atoms with Crippen molar-refractivity contribution in [2.24, 2.45) is 0 Å². The molecule has 6 nitrogen and oxygen atoms in total. The van der Waals surface area contributed by atoms with Crippen LogP contribution in [-0.2, 0) is 4.79 Å². The lowest BCUT2D eigenvalue weighted by molar-refractivity contribution is -0.156. The number of halogens is 5. The van der Waals surface area contributed by atoms with Crippen molar-refractivity contribution < 1.29 is 18.0 Å². The molecule has 11 heteroatoms. The Balaban J connectivity index is 1.42. The molecule has 1 unspecified atom stereocenters. The van der Waals surface area contributed by atoms with Gasteiger partial charge in [0.25, 0.3) is 0 Å². The van der Waals surface area contributed by atoms with E-state index in [0.29, 0.717) is 37.2 Å². The quantitative estimate of drug-likeness (QED) is 0.526. The third-order valence-corrected chi connectivity index (χ3v) is 7.28. The highest BCUT2D eigenvalue weighted by molar-refractivity contribution is 6.35. The van der Waals surface area contributed by atoms with Gasteiger partial charge < -0.3 is 19.7 Å². The molecule has 2 aliphatic heterocycles. The van der Waals surface area contributed by atoms with Crippen LogP contribution in [0.3, 0.4) is 0 Å². The number of fused-ring (bicyclic) bond motifs is 1. The lowest BCUT2D eigenvalue weighted by Crippen LogP contribution is -2.53. The van der Waals surface area contributed by atoms with E-state index in [1.54, 1.807) is 12.1 Å². The number of imidazole rings is 1. The maximum atomic E-state index is 14.3. The third-order valence-electron chi connectivity index (χ3n) is 6.72. The molecule has 0 spiro atoms. The van der Waals surface area contributed by atoms with E-state index >= 15 is 0 Å². The van der Waals surface area contributed by atoms with Gasteiger partial charge in [-0.15, -0.1) is 0 Å². The van der Waals surface area contributed by atoms with Crippen LogP contribution >= 0.6 is 23.2 Å². The highest BCUT2D eigenvalue weighted by atomic mass is 35.5. The van der Waals surface area contributed by atoms with Crippen LogP contribution in [0.2, 0.25) is 10.0 Å². The maximum Gasteiger partial charge on any atom is 0.413 e. The number of hydrogen-bond donors (Lipinski definition) is 1. The summed E-state index contributed by atoms with van der Waals surface area (Å²) in [5.74, 6) is 0.128. The van der Waals surface area contributed by atoms with E-state index in [2.05, 4.69) is 15.2 Å². The Morgan fingerprint density at radius 3 is 2.51 bits per heavy atom. The zero-order valence-electron chi connectivity index (χ0n) is 18.7. The number of amides is 1. The first-order valence-electron chi connectivity index (χ1n) is 11.5. The van der Waals surface area contributed by atoms with Crippen LogP contribution in [0, 0.1) is 0 Å². The Labute approximate surface area is 210 Å². The van der Waals surface area contributed by atoms with Gasteiger partial charge in [-0.3, -0.25) is 4.79 Å². The number of benzene rings is 2. The molecule has 2 saturated heterocycles. The van der Waals surface area contributed by atoms with Crippen LogP contribution in [0.25, 0.3) is 11.0 Å². The second kappa shape index (κ2) is 9.52. The van der Waals surface area contributed by atoms with Crippen LogP contribution in [0.15, 0.2) is 42.7 Å². The van der Waals surface area contributed by atoms with E-state index in [0.717, 1.165) is 29.6 Å². The molecular formula is C24H24Cl2F3N5O. The van der Waals surface area contributed by atoms with Crippen LogP contribution in [0.1, 0.15) is 24.4 Å². The molecule has 186 valence electrons. The topological polar surface area (TPSA) is 53.4 Å². The molecular weight excluding hydrogens is 502 g/mol. The van der Waals surface area contributed by atoms with Gasteiger partial charge in [0.1, 0.15) is 0 Å². The average Bonchev–Trinajstić information content (AvgIpc) is 3.50. The Morgan fingerprint density at radius 1 is 1.09 bits per heavy atom. The standard InChI is InChI=1S/C24H24Cl2F3N5O/c25-15-3-5-17(18(26)12-15)22(24(27,28)29)34-14-31-19-6-4-16(13-21(19)34)32-8-10-33(11-9-32)23(35)20-2-1-7-30-20/h3-6,12-14,20,22,30H,1-2,7-11H2/t20-,22?/m1/s1. The summed E-state index contributed by atoms with van der Waals surface area (Å²) < 4.78 is 44.0. The molecule has 0 saturated carbocycles. The molecule has 3 aromatic rings. The number of carbonyl (C=O) groups is 1. The van der Waals surface area contributed by atoms with Gasteiger partial charge in [0.2, 0.25) is 5.91 Å². The highest BCUT2D eigenvalue weighted by Gasteiger charge is 2.44. The van der Waals surface area contributed by atoms with E-state index in [9.17, 15) is 18.0 Å². The first-order chi connectivity index (χ1) is 16.7. The smallest absolute Gasteiger partial charge is 0.368 e. The van der Waals surface area contributed by atoms with Crippen molar-refractivity contribution in [3.63, 3.8) is 0 Å². The van der Waals surface area contributed by atoms with Crippen LogP contribution in [0.4, 0.5) is 18.9 Å². The second-order valence-corrected chi connectivity index (χ2v) is 9.74. The molecule has 2 aliphatic rings. The third kappa shape index (κ3) is 4.81. The molecule has 1 N–H and O–H groups in total. The minimum atomic E-state index is -4.61. The molecule has 1 aromatic heterocycles. The van der Waals surface area contributed by atoms with Gasteiger partial charge in [0, 0.05) is 47.5 Å². The first-order valence-corrected chi connectivity index (χ1v) is 12.2. The lowest BCUT2D eigenvalue weighted by atomic mass is 10.1. The van der Waals surface area contributed by atoms with Crippen molar-refractivity contribution in [1.29, 1.82) is 0 Å². The molecule has 0 aliphatic carbocycles. The van der Waals surface area contributed by atoms with Crippen LogP contribution < -0.4 is 10.2 Å². The second-order valence-electron chi connectivity index (χ2n) is 8.90. The van der Waals surface area contributed by atoms with Gasteiger partial charge in [-0.2, -0.15) is 13.2 Å². The lowest BCUT2D eigenvalue weighted by Gasteiger charge is -2.37. The van der Waals surface area contributed by atoms with Crippen molar-refractivity contribution in [2.75, 3.05) is 37.6 Å². The molecule has 0 radical (unpaired) electrons. The van der Waals surface area contributed by atoms with Crippen molar-refractivity contribution in [3.8, 4) is 0 Å². The zero-order valence-corrected chi connectivity index (χ0v) is 20.2. The Hall–Kier alpha value is -2.49. The summed E-state index contributed by atoms with van der Waals surface area (Å²) in [5.41, 5.74) is 1.49. The fraction of sp³-hybridized carbons (Fsp3) is 0.417. The van der Waals surface area contributed by atoms with Crippen LogP contribution in [-0.4, -0.2) is 65.3 Å². The van der Waals surface area contributed by atoms with Crippen molar-refractivity contribution in [3.05, 3.63) is 58.3 Å². The number of rotatable bonds is 4. The van der Waals surface area contributed by atoms with Gasteiger partial charge >= 0.3 is 6.18 Å². The summed E-state index contributed by atoms with van der Waals surface area (Å²) in [5, 5.41) is 3.44. The Kier molecular flexibility index (Phi) is 6.59. The number of piperazine rings is 1. The monoisotopic (exact) mass is 525 g/mol. The predicted octanol–water partition coefficient (Wildman–Crippen LogP) is 4.90. The summed E-state index contributed by atoms with van der Waals surface area (Å²) in [6, 6.07) is 7.19. The Morgan fingerprint density at radius 2 is 1.86 bits per heavy atom. The predicted molar refractivity (Wildman–Crippen MR) is 130 cm³/mol. The summed E-state index contributed by atoms with van der Waals surface area (Å²) in [7, 11) is 0. The maximum absolute atomic E-state index is 14.3. The van der Waals surface area contributed by atoms with Crippen LogP contribution in [0.5, 0.6) is 0 Å². The van der Waals surface area contributed by atoms with Gasteiger partial charge in [-0.05, 0) is 49.7 Å². The summed E-state index contributed by atoms with van der Waals surface area (Å²) in [6.45, 7) is 3.21. The zero-order chi connectivity index (χ0) is 24.7. The van der Waals surface area contributed by atoms with Crippen molar-refractivity contribution >= 4 is 45.8 Å². The van der Waals surface area contributed by atoms with Gasteiger partial charge in [-0.1, -0.05) is 29.3 Å². The van der Waals surface area contributed by atoms with Crippen molar-refractivity contribution in [2.45, 2.75) is 31.1 Å². The fourth-order valence-electron chi connectivity index (χ4n) is 4.92. The molecule has 0 bridgehead atoms. The number of hydrogen-bond acceptors (Lipinski definition) is 4. The molecule has 35 heavy (non-hydrogen) atoms.